The first-order valence-electron chi connectivity index (χ1n) is 12.8. The highest BCUT2D eigenvalue weighted by atomic mass is 32.2. The number of aliphatic hydroxyl groups excluding tert-OH is 1. The Bertz CT molecular complexity index is 1800. The van der Waals surface area contributed by atoms with E-state index in [2.05, 4.69) is 19.4 Å². The first kappa shape index (κ1) is 27.6. The quantitative estimate of drug-likeness (QED) is 0.357. The molecule has 1 aromatic heterocycles. The van der Waals surface area contributed by atoms with Gasteiger partial charge in [-0.2, -0.15) is 16.8 Å². The number of aromatic nitrogens is 2. The van der Waals surface area contributed by atoms with Crippen molar-refractivity contribution in [2.45, 2.75) is 54.9 Å². The first-order valence-corrected chi connectivity index (χ1v) is 15.7. The van der Waals surface area contributed by atoms with Gasteiger partial charge in [0.15, 0.2) is 16.6 Å². The average Bonchev–Trinajstić information content (AvgIpc) is 3.35. The van der Waals surface area contributed by atoms with Crippen LogP contribution in [0.5, 0.6) is 0 Å². The Hall–Kier alpha value is -3.97. The molecule has 0 bridgehead atoms. The summed E-state index contributed by atoms with van der Waals surface area (Å²) in [4.78, 5) is 17.7. The highest BCUT2D eigenvalue weighted by Crippen LogP contribution is 2.46. The number of nitrogens with zero attached hydrogens (tertiary/aromatic N) is 3. The molecule has 5 rings (SSSR count). The molecule has 3 aromatic rings. The van der Waals surface area contributed by atoms with Crippen molar-refractivity contribution in [2.24, 2.45) is 11.4 Å². The third kappa shape index (κ3) is 4.48. The standard InChI is InChI=1S/C27H29N5O6S2/c1-4-12-27(13-5-2)19-9-7-6-8-18(19)24(33)23(25(27)34)26-29-20-11-10-17(14-21(20)39(35,36)31-26)30-40(37,38)22-15-32(3)16-28-22/h6-11,14-16,30,33H,4-5,12-13H2,1-3H3,(H,29,31). The molecule has 0 radical (unpaired) electrons. The summed E-state index contributed by atoms with van der Waals surface area (Å²) in [6.07, 6.45) is 5.08. The Balaban J connectivity index is 1.57. The molecule has 0 unspecified atom stereocenters. The smallest absolute Gasteiger partial charge is 0.286 e. The third-order valence-corrected chi connectivity index (χ3v) is 9.70. The Labute approximate surface area is 232 Å². The minimum atomic E-state index is -4.39. The fraction of sp³-hybridized carbons (Fsp3) is 0.296. The van der Waals surface area contributed by atoms with Crippen LogP contribution < -0.4 is 10.0 Å². The molecule has 210 valence electrons. The van der Waals surface area contributed by atoms with E-state index in [0.29, 0.717) is 31.2 Å². The maximum Gasteiger partial charge on any atom is 0.286 e. The van der Waals surface area contributed by atoms with Crippen molar-refractivity contribution in [1.29, 1.82) is 0 Å². The number of nitrogens with one attached hydrogen (secondary N) is 2. The second-order valence-corrected chi connectivity index (χ2v) is 13.1. The molecule has 0 saturated heterocycles. The van der Waals surface area contributed by atoms with E-state index in [1.807, 2.05) is 26.0 Å². The number of fused-ring (bicyclic) bond motifs is 2. The number of carbonyl (C=O) groups is 1. The second-order valence-electron chi connectivity index (χ2n) is 9.91. The fourth-order valence-corrected chi connectivity index (χ4v) is 7.65. The molecule has 1 aliphatic carbocycles. The predicted molar refractivity (Wildman–Crippen MR) is 151 cm³/mol. The van der Waals surface area contributed by atoms with Gasteiger partial charge in [0.25, 0.3) is 20.0 Å². The highest BCUT2D eigenvalue weighted by molar-refractivity contribution is 7.92. The molecule has 11 nitrogen and oxygen atoms in total. The van der Waals surface area contributed by atoms with Crippen LogP contribution in [0.4, 0.5) is 11.4 Å². The molecule has 13 heteroatoms. The van der Waals surface area contributed by atoms with Crippen LogP contribution in [0, 0.1) is 0 Å². The molecule has 2 aromatic carbocycles. The Morgan fingerprint density at radius 3 is 2.45 bits per heavy atom. The minimum absolute atomic E-state index is 0.0110. The van der Waals surface area contributed by atoms with Crippen LogP contribution in [0.2, 0.25) is 0 Å². The minimum Gasteiger partial charge on any atom is -0.506 e. The molecule has 0 saturated carbocycles. The van der Waals surface area contributed by atoms with E-state index >= 15 is 0 Å². The van der Waals surface area contributed by atoms with Gasteiger partial charge in [-0.1, -0.05) is 51.0 Å². The lowest BCUT2D eigenvalue weighted by Crippen LogP contribution is -2.44. The SMILES string of the molecule is CCCC1(CCC)C(=O)C(C2=NS(=O)(=O)c3cc(NS(=O)(=O)c4cn(C)cn4)ccc3N2)=C(O)c2ccccc21. The number of aliphatic hydroxyl groups is 1. The normalized spacial score (nSPS) is 17.5. The fourth-order valence-electron chi connectivity index (χ4n) is 5.47. The van der Waals surface area contributed by atoms with Gasteiger partial charge in [-0.15, -0.1) is 4.40 Å². The average molecular weight is 584 g/mol. The van der Waals surface area contributed by atoms with Crippen molar-refractivity contribution in [3.8, 4) is 0 Å². The number of sulfonamides is 2. The lowest BCUT2D eigenvalue weighted by atomic mass is 9.63. The first-order chi connectivity index (χ1) is 18.9. The number of benzene rings is 2. The monoisotopic (exact) mass is 583 g/mol. The molecule has 0 atom stereocenters. The Morgan fingerprint density at radius 2 is 1.80 bits per heavy atom. The number of anilines is 2. The largest absolute Gasteiger partial charge is 0.506 e. The number of ketones is 1. The molecule has 3 N–H and O–H groups in total. The van der Waals surface area contributed by atoms with Crippen LogP contribution in [-0.4, -0.2) is 43.1 Å². The molecule has 40 heavy (non-hydrogen) atoms. The molecule has 0 fully saturated rings. The van der Waals surface area contributed by atoms with E-state index in [1.165, 1.54) is 29.2 Å². The Morgan fingerprint density at radius 1 is 1.10 bits per heavy atom. The van der Waals surface area contributed by atoms with E-state index in [-0.39, 0.29) is 38.5 Å². The summed E-state index contributed by atoms with van der Waals surface area (Å²) in [7, 11) is -6.84. The molecular weight excluding hydrogens is 554 g/mol. The van der Waals surface area contributed by atoms with Gasteiger partial charge in [0.1, 0.15) is 16.2 Å². The summed E-state index contributed by atoms with van der Waals surface area (Å²) >= 11 is 0. The predicted octanol–water partition coefficient (Wildman–Crippen LogP) is 4.12. The van der Waals surface area contributed by atoms with Gasteiger partial charge >= 0.3 is 0 Å². The van der Waals surface area contributed by atoms with Crippen molar-refractivity contribution >= 4 is 48.8 Å². The van der Waals surface area contributed by atoms with Crippen LogP contribution in [0.25, 0.3) is 5.76 Å². The highest BCUT2D eigenvalue weighted by Gasteiger charge is 2.48. The van der Waals surface area contributed by atoms with E-state index < -0.39 is 31.2 Å². The molecule has 1 aliphatic heterocycles. The van der Waals surface area contributed by atoms with Gasteiger partial charge in [0, 0.05) is 18.8 Å². The van der Waals surface area contributed by atoms with Gasteiger partial charge in [0.2, 0.25) is 0 Å². The van der Waals surface area contributed by atoms with Gasteiger partial charge in [0.05, 0.1) is 23.1 Å². The van der Waals surface area contributed by atoms with Crippen LogP contribution in [0.3, 0.4) is 0 Å². The van der Waals surface area contributed by atoms with Crippen LogP contribution >= 0.6 is 0 Å². The van der Waals surface area contributed by atoms with Crippen molar-refractivity contribution in [1.82, 2.24) is 9.55 Å². The second kappa shape index (κ2) is 9.89. The van der Waals surface area contributed by atoms with Gasteiger partial charge < -0.3 is 15.0 Å². The van der Waals surface area contributed by atoms with Gasteiger partial charge in [-0.05, 0) is 36.6 Å². The van der Waals surface area contributed by atoms with Crippen LogP contribution in [0.15, 0.2) is 74.9 Å². The van der Waals surface area contributed by atoms with Crippen molar-refractivity contribution in [2.75, 3.05) is 10.0 Å². The zero-order chi connectivity index (χ0) is 28.9. The Kier molecular flexibility index (Phi) is 6.83. The van der Waals surface area contributed by atoms with Gasteiger partial charge in [-0.3, -0.25) is 9.52 Å². The maximum absolute atomic E-state index is 14.2. The summed E-state index contributed by atoms with van der Waals surface area (Å²) < 4.78 is 59.8. The topological polar surface area (TPSA) is 160 Å². The van der Waals surface area contributed by atoms with E-state index in [4.69, 9.17) is 0 Å². The number of amidine groups is 1. The molecular formula is C27H29N5O6S2. The van der Waals surface area contributed by atoms with Crippen LogP contribution in [0.1, 0.15) is 50.7 Å². The van der Waals surface area contributed by atoms with E-state index in [9.17, 15) is 26.7 Å². The van der Waals surface area contributed by atoms with E-state index in [1.54, 1.807) is 19.2 Å². The third-order valence-electron chi connectivity index (χ3n) is 7.12. The zero-order valence-electron chi connectivity index (χ0n) is 22.2. The van der Waals surface area contributed by atoms with Crippen molar-refractivity contribution < 1.29 is 26.7 Å². The number of hydrogen-bond donors (Lipinski definition) is 3. The summed E-state index contributed by atoms with van der Waals surface area (Å²) in [6.45, 7) is 3.95. The number of hydrogen-bond acceptors (Lipinski definition) is 8. The summed E-state index contributed by atoms with van der Waals surface area (Å²) in [5.74, 6) is -1.01. The number of carbonyl (C=O) groups excluding carboxylic acids is 1. The molecule has 2 heterocycles. The van der Waals surface area contributed by atoms with Crippen LogP contribution in [-0.2, 0) is 37.3 Å². The number of imidazole rings is 1. The number of rotatable bonds is 8. The summed E-state index contributed by atoms with van der Waals surface area (Å²) in [5.41, 5.74) is 0.135. The van der Waals surface area contributed by atoms with E-state index in [0.717, 1.165) is 11.6 Å². The molecule has 0 spiro atoms. The lowest BCUT2D eigenvalue weighted by Gasteiger charge is -2.39. The summed E-state index contributed by atoms with van der Waals surface area (Å²) in [5, 5.41) is 13.9. The lowest BCUT2D eigenvalue weighted by molar-refractivity contribution is -0.121. The van der Waals surface area contributed by atoms with Crippen molar-refractivity contribution in [3.05, 3.63) is 71.7 Å². The number of aryl methyl sites for hydroxylation is 1. The molecule has 2 aliphatic rings. The number of Topliss-reactive ketones (excluding diaryl/α,β-unsaturated/α-hetero) is 1. The molecule has 0 amide bonds. The maximum atomic E-state index is 14.2. The zero-order valence-corrected chi connectivity index (χ0v) is 23.8. The summed E-state index contributed by atoms with van der Waals surface area (Å²) in [6, 6.07) is 11.0. The van der Waals surface area contributed by atoms with Gasteiger partial charge in [-0.25, -0.2) is 4.98 Å². The van der Waals surface area contributed by atoms with Crippen molar-refractivity contribution in [3.63, 3.8) is 0 Å².